The van der Waals surface area contributed by atoms with Gasteiger partial charge in [0, 0.05) is 6.08 Å². The first-order valence-electron chi connectivity index (χ1n) is 6.25. The van der Waals surface area contributed by atoms with Crippen molar-refractivity contribution in [1.29, 1.82) is 0 Å². The van der Waals surface area contributed by atoms with Gasteiger partial charge in [-0.2, -0.15) is 0 Å². The molecule has 1 aromatic carbocycles. The van der Waals surface area contributed by atoms with E-state index in [4.69, 9.17) is 4.74 Å². The zero-order valence-electron chi connectivity index (χ0n) is 12.1. The van der Waals surface area contributed by atoms with E-state index in [-0.39, 0.29) is 12.2 Å². The van der Waals surface area contributed by atoms with E-state index in [1.54, 1.807) is 20.8 Å². The van der Waals surface area contributed by atoms with Crippen molar-refractivity contribution < 1.29 is 18.8 Å². The Morgan fingerprint density at radius 2 is 2.14 bits per heavy atom. The fraction of sp³-hybridized carbons (Fsp3) is 0.357. The molecule has 0 fully saturated rings. The number of halogens is 1. The maximum Gasteiger partial charge on any atom is 0.408 e. The highest BCUT2D eigenvalue weighted by Gasteiger charge is 2.18. The van der Waals surface area contributed by atoms with Crippen LogP contribution in [-0.4, -0.2) is 23.2 Å². The predicted octanol–water partition coefficient (Wildman–Crippen LogP) is 2.97. The summed E-state index contributed by atoms with van der Waals surface area (Å²) in [6, 6.07) is 5.37. The van der Waals surface area contributed by atoms with Gasteiger partial charge in [-0.1, -0.05) is 12.1 Å². The average Bonchev–Trinajstić information content (AvgIpc) is 2.32. The standard InChI is InChI=1S/C14H17FN2O4/c1-14(2,3)21-13(18)16-9-12(17(19)20)8-10-5-4-6-11(15)7-10/h4-8H,9H2,1-3H3,(H,16,18)/b12-8-. The first kappa shape index (κ1) is 16.6. The van der Waals surface area contributed by atoms with Crippen molar-refractivity contribution >= 4 is 12.2 Å². The zero-order chi connectivity index (χ0) is 16.0. The molecular formula is C14H17FN2O4. The van der Waals surface area contributed by atoms with Crippen LogP contribution >= 0.6 is 0 Å². The second-order valence-electron chi connectivity index (χ2n) is 5.30. The smallest absolute Gasteiger partial charge is 0.408 e. The monoisotopic (exact) mass is 296 g/mol. The maximum atomic E-state index is 13.0. The van der Waals surface area contributed by atoms with E-state index in [2.05, 4.69) is 5.32 Å². The molecule has 114 valence electrons. The van der Waals surface area contributed by atoms with Crippen LogP contribution in [0.1, 0.15) is 26.3 Å². The SMILES string of the molecule is CC(C)(C)OC(=O)NC/C(=C/c1cccc(F)c1)[N+](=O)[O-]. The Morgan fingerprint density at radius 1 is 1.48 bits per heavy atom. The molecule has 0 aliphatic carbocycles. The number of carbonyl (C=O) groups excluding carboxylic acids is 1. The van der Waals surface area contributed by atoms with Gasteiger partial charge >= 0.3 is 6.09 Å². The van der Waals surface area contributed by atoms with Gasteiger partial charge in [-0.15, -0.1) is 0 Å². The molecule has 7 heteroatoms. The van der Waals surface area contributed by atoms with E-state index in [9.17, 15) is 19.3 Å². The molecule has 0 unspecified atom stereocenters. The molecule has 6 nitrogen and oxygen atoms in total. The van der Waals surface area contributed by atoms with Crippen molar-refractivity contribution in [3.63, 3.8) is 0 Å². The van der Waals surface area contributed by atoms with Gasteiger partial charge in [0.2, 0.25) is 0 Å². The molecule has 0 atom stereocenters. The Kier molecular flexibility index (Phi) is 5.40. The summed E-state index contributed by atoms with van der Waals surface area (Å²) < 4.78 is 18.0. The number of hydrogen-bond donors (Lipinski definition) is 1. The molecule has 0 saturated heterocycles. The first-order valence-corrected chi connectivity index (χ1v) is 6.25. The van der Waals surface area contributed by atoms with Crippen LogP contribution in [0.4, 0.5) is 9.18 Å². The number of nitro groups is 1. The molecule has 0 aliphatic heterocycles. The number of benzene rings is 1. The second kappa shape index (κ2) is 6.83. The number of carbonyl (C=O) groups is 1. The van der Waals surface area contributed by atoms with E-state index >= 15 is 0 Å². The van der Waals surface area contributed by atoms with Crippen LogP contribution in [0, 0.1) is 15.9 Å². The molecule has 1 N–H and O–H groups in total. The Balaban J connectivity index is 2.75. The Labute approximate surface area is 121 Å². The minimum absolute atomic E-state index is 0.272. The molecule has 0 spiro atoms. The van der Waals surface area contributed by atoms with E-state index in [1.165, 1.54) is 24.3 Å². The predicted molar refractivity (Wildman–Crippen MR) is 75.6 cm³/mol. The molecule has 0 aliphatic rings. The molecule has 21 heavy (non-hydrogen) atoms. The van der Waals surface area contributed by atoms with Crippen LogP contribution in [0.25, 0.3) is 6.08 Å². The number of hydrogen-bond acceptors (Lipinski definition) is 4. The molecule has 0 heterocycles. The lowest BCUT2D eigenvalue weighted by Crippen LogP contribution is -2.34. The Morgan fingerprint density at radius 3 is 2.67 bits per heavy atom. The largest absolute Gasteiger partial charge is 0.444 e. The summed E-state index contributed by atoms with van der Waals surface area (Å²) in [7, 11) is 0. The summed E-state index contributed by atoms with van der Waals surface area (Å²) in [5.74, 6) is -0.494. The number of alkyl carbamates (subject to hydrolysis) is 1. The number of amides is 1. The fourth-order valence-corrected chi connectivity index (χ4v) is 1.43. The number of nitrogens with one attached hydrogen (secondary N) is 1. The van der Waals surface area contributed by atoms with E-state index in [0.29, 0.717) is 5.56 Å². The van der Waals surface area contributed by atoms with E-state index in [1.807, 2.05) is 0 Å². The van der Waals surface area contributed by atoms with Gasteiger partial charge in [0.1, 0.15) is 18.0 Å². The van der Waals surface area contributed by atoms with Crippen LogP contribution in [0.2, 0.25) is 0 Å². The van der Waals surface area contributed by atoms with Gasteiger partial charge < -0.3 is 10.1 Å². The minimum Gasteiger partial charge on any atom is -0.444 e. The van der Waals surface area contributed by atoms with Crippen LogP contribution < -0.4 is 5.32 Å². The molecule has 1 amide bonds. The second-order valence-corrected chi connectivity index (χ2v) is 5.30. The summed E-state index contributed by atoms with van der Waals surface area (Å²) in [6.45, 7) is 4.73. The number of ether oxygens (including phenoxy) is 1. The zero-order valence-corrected chi connectivity index (χ0v) is 12.1. The van der Waals surface area contributed by atoms with Crippen LogP contribution in [0.3, 0.4) is 0 Å². The number of rotatable bonds is 4. The molecule has 0 radical (unpaired) electrons. The third-order valence-electron chi connectivity index (χ3n) is 2.23. The lowest BCUT2D eigenvalue weighted by atomic mass is 10.2. The van der Waals surface area contributed by atoms with Gasteiger partial charge in [0.15, 0.2) is 0 Å². The third kappa shape index (κ3) is 6.51. The molecule has 1 rings (SSSR count). The topological polar surface area (TPSA) is 81.5 Å². The van der Waals surface area contributed by atoms with Crippen molar-refractivity contribution in [3.8, 4) is 0 Å². The molecular weight excluding hydrogens is 279 g/mol. The lowest BCUT2D eigenvalue weighted by molar-refractivity contribution is -0.424. The van der Waals surface area contributed by atoms with Crippen molar-refractivity contribution in [2.75, 3.05) is 6.54 Å². The quantitative estimate of drug-likeness (QED) is 0.684. The minimum atomic E-state index is -0.755. The van der Waals surface area contributed by atoms with Crippen molar-refractivity contribution in [2.45, 2.75) is 26.4 Å². The lowest BCUT2D eigenvalue weighted by Gasteiger charge is -2.19. The Hall–Kier alpha value is -2.44. The number of nitrogens with zero attached hydrogens (tertiary/aromatic N) is 1. The van der Waals surface area contributed by atoms with Gasteiger partial charge in [0.25, 0.3) is 5.70 Å². The molecule has 0 bridgehead atoms. The van der Waals surface area contributed by atoms with Crippen LogP contribution in [0.15, 0.2) is 30.0 Å². The highest BCUT2D eigenvalue weighted by molar-refractivity contribution is 5.68. The average molecular weight is 296 g/mol. The van der Waals surface area contributed by atoms with Crippen molar-refractivity contribution in [1.82, 2.24) is 5.32 Å². The first-order chi connectivity index (χ1) is 9.67. The maximum absolute atomic E-state index is 13.0. The normalized spacial score (nSPS) is 11.9. The van der Waals surface area contributed by atoms with Gasteiger partial charge in [0.05, 0.1) is 4.92 Å². The van der Waals surface area contributed by atoms with Crippen LogP contribution in [0.5, 0.6) is 0 Å². The summed E-state index contributed by atoms with van der Waals surface area (Å²) in [6.07, 6.45) is 0.440. The summed E-state index contributed by atoms with van der Waals surface area (Å²) >= 11 is 0. The van der Waals surface area contributed by atoms with Crippen molar-refractivity contribution in [3.05, 3.63) is 51.5 Å². The summed E-state index contributed by atoms with van der Waals surface area (Å²) in [5, 5.41) is 13.2. The van der Waals surface area contributed by atoms with E-state index < -0.39 is 22.4 Å². The molecule has 0 saturated carbocycles. The highest BCUT2D eigenvalue weighted by Crippen LogP contribution is 2.10. The Bertz CT molecular complexity index is 564. The van der Waals surface area contributed by atoms with Gasteiger partial charge in [-0.05, 0) is 38.5 Å². The highest BCUT2D eigenvalue weighted by atomic mass is 19.1. The molecule has 1 aromatic rings. The third-order valence-corrected chi connectivity index (χ3v) is 2.23. The summed E-state index contributed by atoms with van der Waals surface area (Å²) in [5.41, 5.74) is -0.621. The molecule has 0 aromatic heterocycles. The van der Waals surface area contributed by atoms with Gasteiger partial charge in [-0.3, -0.25) is 10.1 Å². The van der Waals surface area contributed by atoms with E-state index in [0.717, 1.165) is 6.07 Å². The fourth-order valence-electron chi connectivity index (χ4n) is 1.43. The van der Waals surface area contributed by atoms with Gasteiger partial charge in [-0.25, -0.2) is 9.18 Å². The van der Waals surface area contributed by atoms with Crippen LogP contribution in [-0.2, 0) is 4.74 Å². The van der Waals surface area contributed by atoms with Crippen molar-refractivity contribution in [2.24, 2.45) is 0 Å². The summed E-state index contributed by atoms with van der Waals surface area (Å²) in [4.78, 5) is 21.8.